The molecule has 1 N–H and O–H groups in total. The quantitative estimate of drug-likeness (QED) is 0.288. The van der Waals surface area contributed by atoms with Crippen molar-refractivity contribution in [2.45, 2.75) is 65.7 Å². The van der Waals surface area contributed by atoms with Crippen LogP contribution in [0.1, 0.15) is 67.2 Å². The maximum absolute atomic E-state index is 13.5. The lowest BCUT2D eigenvalue weighted by molar-refractivity contribution is -0.115. The highest BCUT2D eigenvalue weighted by Gasteiger charge is 2.32. The summed E-state index contributed by atoms with van der Waals surface area (Å²) < 4.78 is 44.8. The number of hydrogen-bond donors (Lipinski definition) is 1. The van der Waals surface area contributed by atoms with Crippen LogP contribution < -0.4 is 10.1 Å². The fourth-order valence-corrected chi connectivity index (χ4v) is 5.72. The molecule has 1 aliphatic heterocycles. The second-order valence-corrected chi connectivity index (χ2v) is 12.1. The van der Waals surface area contributed by atoms with E-state index >= 15 is 0 Å². The maximum atomic E-state index is 13.5. The zero-order valence-electron chi connectivity index (χ0n) is 26.9. The molecule has 45 heavy (non-hydrogen) atoms. The first-order valence-electron chi connectivity index (χ1n) is 14.9. The van der Waals surface area contributed by atoms with Crippen molar-refractivity contribution < 1.29 is 37.4 Å². The summed E-state index contributed by atoms with van der Waals surface area (Å²) in [5.41, 5.74) is 2.90. The number of fused-ring (bicyclic) bond motifs is 1. The number of rotatable bonds is 9. The molecular formula is C33H42F2N4O6. The molecule has 1 atom stereocenters. The molecule has 1 unspecified atom stereocenters. The number of alkyl halides is 2. The highest BCUT2D eigenvalue weighted by Crippen LogP contribution is 2.37. The number of piperazine rings is 1. The van der Waals surface area contributed by atoms with Crippen molar-refractivity contribution in [2.24, 2.45) is 0 Å². The normalized spacial score (nSPS) is 16.2. The minimum Gasteiger partial charge on any atom is -0.496 e. The van der Waals surface area contributed by atoms with E-state index < -0.39 is 24.1 Å². The first kappa shape index (κ1) is 33.9. The second-order valence-electron chi connectivity index (χ2n) is 12.1. The number of esters is 1. The van der Waals surface area contributed by atoms with Crippen LogP contribution in [0.3, 0.4) is 0 Å². The number of nitrogens with one attached hydrogen (secondary N) is 1. The van der Waals surface area contributed by atoms with Gasteiger partial charge in [-0.1, -0.05) is 13.0 Å². The summed E-state index contributed by atoms with van der Waals surface area (Å²) in [5, 5.41) is 3.59. The van der Waals surface area contributed by atoms with Crippen LogP contribution in [0.2, 0.25) is 0 Å². The monoisotopic (exact) mass is 628 g/mol. The van der Waals surface area contributed by atoms with E-state index in [9.17, 15) is 23.2 Å². The van der Waals surface area contributed by atoms with Crippen LogP contribution in [0.5, 0.6) is 5.75 Å². The standard InChI is InChI=1S/C33H42F2N4O6/c1-8-29(40)36-25-16-21(9-10-23(25)31(41)44-7)26-18-37(19-28(34)35)13-14-38(26)17-24-22-11-12-39(32(42)45-33(3,4)5)30(22)20(2)15-27(24)43-6/h9-12,15-16,26,28H,8,13-14,17-19H2,1-7H3,(H,36,40). The molecule has 1 saturated heterocycles. The van der Waals surface area contributed by atoms with Crippen LogP contribution in [0, 0.1) is 6.92 Å². The summed E-state index contributed by atoms with van der Waals surface area (Å²) in [4.78, 5) is 41.8. The van der Waals surface area contributed by atoms with Gasteiger partial charge < -0.3 is 19.5 Å². The van der Waals surface area contributed by atoms with Gasteiger partial charge in [0, 0.05) is 55.8 Å². The number of benzene rings is 2. The van der Waals surface area contributed by atoms with E-state index in [0.717, 1.165) is 22.1 Å². The summed E-state index contributed by atoms with van der Waals surface area (Å²) in [6, 6.07) is 8.42. The van der Waals surface area contributed by atoms with Gasteiger partial charge in [-0.25, -0.2) is 18.4 Å². The molecule has 12 heteroatoms. The predicted molar refractivity (Wildman–Crippen MR) is 167 cm³/mol. The molecule has 1 amide bonds. The largest absolute Gasteiger partial charge is 0.496 e. The van der Waals surface area contributed by atoms with Crippen molar-refractivity contribution in [2.75, 3.05) is 45.7 Å². The smallest absolute Gasteiger partial charge is 0.419 e. The first-order chi connectivity index (χ1) is 21.3. The van der Waals surface area contributed by atoms with Crippen LogP contribution in [0.4, 0.5) is 19.3 Å². The average Bonchev–Trinajstić information content (AvgIpc) is 3.44. The van der Waals surface area contributed by atoms with Gasteiger partial charge in [-0.2, -0.15) is 0 Å². The van der Waals surface area contributed by atoms with E-state index in [1.807, 2.05) is 39.8 Å². The fourth-order valence-electron chi connectivity index (χ4n) is 5.72. The average molecular weight is 629 g/mol. The first-order valence-corrected chi connectivity index (χ1v) is 14.9. The molecule has 244 valence electrons. The third-order valence-electron chi connectivity index (χ3n) is 7.80. The molecule has 2 aromatic carbocycles. The third kappa shape index (κ3) is 7.80. The van der Waals surface area contributed by atoms with Gasteiger partial charge in [0.05, 0.1) is 37.5 Å². The molecule has 0 bridgehead atoms. The maximum Gasteiger partial charge on any atom is 0.419 e. The molecule has 1 aromatic heterocycles. The molecule has 1 fully saturated rings. The van der Waals surface area contributed by atoms with Crippen LogP contribution in [0.25, 0.3) is 10.9 Å². The molecule has 0 radical (unpaired) electrons. The third-order valence-corrected chi connectivity index (χ3v) is 7.80. The van der Waals surface area contributed by atoms with Crippen LogP contribution in [0.15, 0.2) is 36.5 Å². The van der Waals surface area contributed by atoms with Crippen molar-refractivity contribution in [3.63, 3.8) is 0 Å². The molecule has 0 spiro atoms. The van der Waals surface area contributed by atoms with Crippen LogP contribution in [-0.4, -0.2) is 84.8 Å². The van der Waals surface area contributed by atoms with Gasteiger partial charge >= 0.3 is 12.1 Å². The Bertz CT molecular complexity index is 1560. The van der Waals surface area contributed by atoms with Crippen molar-refractivity contribution >= 4 is 34.6 Å². The number of carbonyl (C=O) groups is 3. The Morgan fingerprint density at radius 3 is 2.44 bits per heavy atom. The van der Waals surface area contributed by atoms with Gasteiger partial charge in [0.15, 0.2) is 0 Å². The van der Waals surface area contributed by atoms with Crippen molar-refractivity contribution in [3.05, 3.63) is 58.8 Å². The minimum atomic E-state index is -2.50. The second kappa shape index (κ2) is 13.9. The molecule has 1 aliphatic rings. The summed E-state index contributed by atoms with van der Waals surface area (Å²) >= 11 is 0. The molecule has 4 rings (SSSR count). The number of ether oxygens (including phenoxy) is 3. The Kier molecular flexibility index (Phi) is 10.5. The van der Waals surface area contributed by atoms with E-state index in [4.69, 9.17) is 14.2 Å². The van der Waals surface area contributed by atoms with Gasteiger partial charge in [-0.15, -0.1) is 0 Å². The Morgan fingerprint density at radius 2 is 1.82 bits per heavy atom. The molecule has 3 aromatic rings. The summed E-state index contributed by atoms with van der Waals surface area (Å²) in [6.07, 6.45) is -1.11. The Hall–Kier alpha value is -4.03. The van der Waals surface area contributed by atoms with Gasteiger partial charge in [-0.3, -0.25) is 19.2 Å². The number of methoxy groups -OCH3 is 2. The summed E-state index contributed by atoms with van der Waals surface area (Å²) in [5.74, 6) is -0.250. The Labute approximate surface area is 262 Å². The summed E-state index contributed by atoms with van der Waals surface area (Å²) in [7, 11) is 2.85. The lowest BCUT2D eigenvalue weighted by Gasteiger charge is -2.42. The molecule has 10 nitrogen and oxygen atoms in total. The number of hydrogen-bond acceptors (Lipinski definition) is 8. The van der Waals surface area contributed by atoms with Crippen molar-refractivity contribution in [1.29, 1.82) is 0 Å². The predicted octanol–water partition coefficient (Wildman–Crippen LogP) is 6.00. The number of aryl methyl sites for hydroxylation is 1. The van der Waals surface area contributed by atoms with Crippen LogP contribution in [-0.2, 0) is 20.8 Å². The number of halogens is 2. The SMILES string of the molecule is CCC(=O)Nc1cc(C2CN(CC(F)F)CCN2Cc2c(OC)cc(C)c3c2ccn3C(=O)OC(C)(C)C)ccc1C(=O)OC. The van der Waals surface area contributed by atoms with Crippen molar-refractivity contribution in [3.8, 4) is 5.75 Å². The zero-order chi connectivity index (χ0) is 33.1. The van der Waals surface area contributed by atoms with E-state index in [1.54, 1.807) is 43.3 Å². The zero-order valence-corrected chi connectivity index (χ0v) is 26.9. The van der Waals surface area contributed by atoms with E-state index in [0.29, 0.717) is 43.1 Å². The van der Waals surface area contributed by atoms with Gasteiger partial charge in [0.25, 0.3) is 6.43 Å². The van der Waals surface area contributed by atoms with E-state index in [2.05, 4.69) is 10.2 Å². The number of amides is 1. The minimum absolute atomic E-state index is 0.195. The lowest BCUT2D eigenvalue weighted by Crippen LogP contribution is -2.49. The molecule has 0 saturated carbocycles. The van der Waals surface area contributed by atoms with Crippen LogP contribution >= 0.6 is 0 Å². The van der Waals surface area contributed by atoms with Gasteiger partial charge in [-0.05, 0) is 63.1 Å². The molecular weight excluding hydrogens is 586 g/mol. The Balaban J connectivity index is 1.79. The van der Waals surface area contributed by atoms with Crippen molar-refractivity contribution in [1.82, 2.24) is 14.4 Å². The highest BCUT2D eigenvalue weighted by atomic mass is 19.3. The summed E-state index contributed by atoms with van der Waals surface area (Å²) in [6.45, 7) is 10.2. The fraction of sp³-hybridized carbons (Fsp3) is 0.485. The van der Waals surface area contributed by atoms with Gasteiger partial charge in [0.2, 0.25) is 5.91 Å². The van der Waals surface area contributed by atoms with Gasteiger partial charge in [0.1, 0.15) is 11.4 Å². The number of aromatic nitrogens is 1. The highest BCUT2D eigenvalue weighted by molar-refractivity contribution is 6.01. The topological polar surface area (TPSA) is 102 Å². The lowest BCUT2D eigenvalue weighted by atomic mass is 9.97. The number of nitrogens with zero attached hydrogens (tertiary/aromatic N) is 3. The van der Waals surface area contributed by atoms with E-state index in [1.165, 1.54) is 11.7 Å². The number of anilines is 1. The molecule has 0 aliphatic carbocycles. The van der Waals surface area contributed by atoms with E-state index in [-0.39, 0.29) is 30.5 Å². The number of carbonyl (C=O) groups excluding carboxylic acids is 3. The Morgan fingerprint density at radius 1 is 1.09 bits per heavy atom. The molecule has 2 heterocycles.